The summed E-state index contributed by atoms with van der Waals surface area (Å²) in [4.78, 5) is 13.2. The number of rotatable bonds is 3. The Hall–Kier alpha value is -2.73. The summed E-state index contributed by atoms with van der Waals surface area (Å²) in [5, 5.41) is 6.65. The van der Waals surface area contributed by atoms with Crippen LogP contribution < -0.4 is 25.8 Å². The lowest BCUT2D eigenvalue weighted by Crippen LogP contribution is -2.38. The first kappa shape index (κ1) is 18.3. The van der Waals surface area contributed by atoms with Crippen LogP contribution in [-0.4, -0.2) is 18.7 Å². The maximum Gasteiger partial charge on any atom is 0.235 e. The van der Waals surface area contributed by atoms with E-state index in [4.69, 9.17) is 15.2 Å². The Balaban J connectivity index is 1.37. The zero-order valence-electron chi connectivity index (χ0n) is 17.0. The third kappa shape index (κ3) is 2.94. The van der Waals surface area contributed by atoms with Gasteiger partial charge in [0.25, 0.3) is 0 Å². The van der Waals surface area contributed by atoms with E-state index in [9.17, 15) is 4.79 Å². The van der Waals surface area contributed by atoms with Gasteiger partial charge in [-0.15, -0.1) is 0 Å². The summed E-state index contributed by atoms with van der Waals surface area (Å²) in [5.41, 5.74) is 9.93. The number of benzene rings is 2. The third-order valence-corrected chi connectivity index (χ3v) is 6.38. The molecule has 6 nitrogen and oxygen atoms in total. The van der Waals surface area contributed by atoms with Gasteiger partial charge in [-0.05, 0) is 59.7 Å². The molecular weight excluding hydrogens is 366 g/mol. The van der Waals surface area contributed by atoms with Gasteiger partial charge in [-0.2, -0.15) is 0 Å². The van der Waals surface area contributed by atoms with E-state index in [2.05, 4.69) is 31.4 Å². The summed E-state index contributed by atoms with van der Waals surface area (Å²) < 4.78 is 10.9. The first-order valence-electron chi connectivity index (χ1n) is 10.2. The lowest BCUT2D eigenvalue weighted by molar-refractivity contribution is -0.118. The van der Waals surface area contributed by atoms with Gasteiger partial charge < -0.3 is 25.8 Å². The predicted octanol–water partition coefficient (Wildman–Crippen LogP) is 3.93. The Morgan fingerprint density at radius 3 is 2.62 bits per heavy atom. The number of amides is 1. The molecule has 5 rings (SSSR count). The number of ether oxygens (including phenoxy) is 2. The van der Waals surface area contributed by atoms with Crippen molar-refractivity contribution in [2.75, 3.05) is 17.4 Å². The maximum atomic E-state index is 13.2. The summed E-state index contributed by atoms with van der Waals surface area (Å²) in [7, 11) is 0. The quantitative estimate of drug-likeness (QED) is 0.736. The van der Waals surface area contributed by atoms with Crippen LogP contribution in [0.2, 0.25) is 0 Å². The highest BCUT2D eigenvalue weighted by Gasteiger charge is 2.51. The Morgan fingerprint density at radius 2 is 1.90 bits per heavy atom. The van der Waals surface area contributed by atoms with Gasteiger partial charge in [0.15, 0.2) is 11.5 Å². The number of hydrogen-bond acceptors (Lipinski definition) is 5. The van der Waals surface area contributed by atoms with E-state index in [1.165, 1.54) is 0 Å². The third-order valence-electron chi connectivity index (χ3n) is 6.38. The monoisotopic (exact) mass is 393 g/mol. The van der Waals surface area contributed by atoms with Crippen LogP contribution in [0.1, 0.15) is 50.8 Å². The lowest BCUT2D eigenvalue weighted by Gasteiger charge is -2.30. The summed E-state index contributed by atoms with van der Waals surface area (Å²) >= 11 is 0. The van der Waals surface area contributed by atoms with Gasteiger partial charge in [-0.1, -0.05) is 26.8 Å². The molecule has 1 amide bonds. The van der Waals surface area contributed by atoms with Gasteiger partial charge in [-0.25, -0.2) is 0 Å². The highest BCUT2D eigenvalue weighted by Crippen LogP contribution is 2.51. The normalized spacial score (nSPS) is 23.3. The second-order valence-electron chi connectivity index (χ2n) is 9.42. The fraction of sp³-hybridized carbons (Fsp3) is 0.435. The highest BCUT2D eigenvalue weighted by molar-refractivity contribution is 6.01. The number of hydrogen-bond donors (Lipinski definition) is 3. The lowest BCUT2D eigenvalue weighted by atomic mass is 9.82. The molecule has 3 aliphatic rings. The molecule has 2 aromatic rings. The van der Waals surface area contributed by atoms with Crippen LogP contribution in [0.3, 0.4) is 0 Å². The van der Waals surface area contributed by atoms with Crippen LogP contribution in [-0.2, 0) is 10.2 Å². The molecule has 2 unspecified atom stereocenters. The van der Waals surface area contributed by atoms with Gasteiger partial charge in [-0.3, -0.25) is 4.79 Å². The Morgan fingerprint density at radius 1 is 1.14 bits per heavy atom. The number of nitrogens with one attached hydrogen (secondary N) is 2. The molecule has 2 aromatic carbocycles. The summed E-state index contributed by atoms with van der Waals surface area (Å²) in [6.07, 6.45) is 1.66. The average Bonchev–Trinajstić information content (AvgIpc) is 3.24. The van der Waals surface area contributed by atoms with Gasteiger partial charge >= 0.3 is 0 Å². The number of nitrogens with two attached hydrogens (primary N) is 1. The molecule has 4 N–H and O–H groups in total. The molecule has 1 fully saturated rings. The standard InChI is InChI=1S/C23H27N3O3/c1-22(2,3)20-19(24)15-11-14(5-6-16(15)26-20)25-21(27)23(8-9-23)13-4-7-17-18(10-13)29-12-28-17/h4-7,10-11,19-20,26H,8-9,12,24H2,1-3H3,(H,25,27). The number of carbonyl (C=O) groups excluding carboxylic acids is 1. The van der Waals surface area contributed by atoms with E-state index >= 15 is 0 Å². The minimum atomic E-state index is -0.492. The average molecular weight is 393 g/mol. The van der Waals surface area contributed by atoms with Crippen molar-refractivity contribution in [3.63, 3.8) is 0 Å². The Bertz CT molecular complexity index is 991. The second-order valence-corrected chi connectivity index (χ2v) is 9.42. The smallest absolute Gasteiger partial charge is 0.235 e. The number of anilines is 2. The molecule has 2 heterocycles. The van der Waals surface area contributed by atoms with E-state index in [-0.39, 0.29) is 30.2 Å². The van der Waals surface area contributed by atoms with E-state index in [0.29, 0.717) is 5.75 Å². The van der Waals surface area contributed by atoms with Crippen LogP contribution >= 0.6 is 0 Å². The SMILES string of the molecule is CC(C)(C)C1Nc2ccc(NC(=O)C3(c4ccc5c(c4)OCO5)CC3)cc2C1N. The minimum absolute atomic E-state index is 0.0169. The number of fused-ring (bicyclic) bond motifs is 2. The molecule has 0 radical (unpaired) electrons. The number of carbonyl (C=O) groups is 1. The van der Waals surface area contributed by atoms with Gasteiger partial charge in [0.05, 0.1) is 17.5 Å². The zero-order valence-corrected chi connectivity index (χ0v) is 17.0. The first-order chi connectivity index (χ1) is 13.8. The summed E-state index contributed by atoms with van der Waals surface area (Å²) in [6.45, 7) is 6.78. The van der Waals surface area contributed by atoms with Crippen molar-refractivity contribution < 1.29 is 14.3 Å². The largest absolute Gasteiger partial charge is 0.454 e. The zero-order chi connectivity index (χ0) is 20.4. The molecule has 1 aliphatic carbocycles. The van der Waals surface area contributed by atoms with Gasteiger partial charge in [0.2, 0.25) is 12.7 Å². The van der Waals surface area contributed by atoms with Crippen molar-refractivity contribution in [2.45, 2.75) is 51.1 Å². The van der Waals surface area contributed by atoms with Crippen molar-refractivity contribution in [1.82, 2.24) is 0 Å². The van der Waals surface area contributed by atoms with Gasteiger partial charge in [0, 0.05) is 11.4 Å². The van der Waals surface area contributed by atoms with E-state index in [1.54, 1.807) is 0 Å². The van der Waals surface area contributed by atoms with Crippen LogP contribution in [0.5, 0.6) is 11.5 Å². The molecule has 152 valence electrons. The van der Waals surface area contributed by atoms with Crippen molar-refractivity contribution in [3.05, 3.63) is 47.5 Å². The summed E-state index contributed by atoms with van der Waals surface area (Å²) in [6, 6.07) is 11.8. The van der Waals surface area contributed by atoms with Crippen molar-refractivity contribution >= 4 is 17.3 Å². The second kappa shape index (κ2) is 6.13. The van der Waals surface area contributed by atoms with Crippen molar-refractivity contribution in [1.29, 1.82) is 0 Å². The van der Waals surface area contributed by atoms with E-state index in [0.717, 1.165) is 41.1 Å². The van der Waals surface area contributed by atoms with Crippen LogP contribution in [0.4, 0.5) is 11.4 Å². The molecule has 1 saturated carbocycles. The maximum absolute atomic E-state index is 13.2. The van der Waals surface area contributed by atoms with Crippen LogP contribution in [0, 0.1) is 5.41 Å². The summed E-state index contributed by atoms with van der Waals surface area (Å²) in [5.74, 6) is 1.46. The fourth-order valence-corrected chi connectivity index (χ4v) is 4.46. The van der Waals surface area contributed by atoms with Crippen LogP contribution in [0.15, 0.2) is 36.4 Å². The van der Waals surface area contributed by atoms with Gasteiger partial charge in [0.1, 0.15) is 0 Å². The Labute approximate surface area is 170 Å². The molecule has 6 heteroatoms. The first-order valence-corrected chi connectivity index (χ1v) is 10.2. The molecule has 2 aliphatic heterocycles. The van der Waals surface area contributed by atoms with Crippen LogP contribution in [0.25, 0.3) is 0 Å². The molecule has 0 aromatic heterocycles. The van der Waals surface area contributed by atoms with Crippen molar-refractivity contribution in [2.24, 2.45) is 11.1 Å². The molecule has 0 saturated heterocycles. The minimum Gasteiger partial charge on any atom is -0.454 e. The molecule has 29 heavy (non-hydrogen) atoms. The molecule has 2 atom stereocenters. The topological polar surface area (TPSA) is 85.6 Å². The molecule has 0 bridgehead atoms. The predicted molar refractivity (Wildman–Crippen MR) is 112 cm³/mol. The fourth-order valence-electron chi connectivity index (χ4n) is 4.46. The van der Waals surface area contributed by atoms with E-state index < -0.39 is 5.41 Å². The van der Waals surface area contributed by atoms with Crippen molar-refractivity contribution in [3.8, 4) is 11.5 Å². The van der Waals surface area contributed by atoms with E-state index in [1.807, 2.05) is 36.4 Å². The Kier molecular flexibility index (Phi) is 3.87. The molecule has 0 spiro atoms. The molecular formula is C23H27N3O3. The highest BCUT2D eigenvalue weighted by atomic mass is 16.7.